The molecule has 0 heterocycles. The van der Waals surface area contributed by atoms with E-state index in [1.165, 1.54) is 25.0 Å². The maximum Gasteiger partial charge on any atom is 0.126 e. The summed E-state index contributed by atoms with van der Waals surface area (Å²) in [4.78, 5) is 0. The number of nitrogens with one attached hydrogen (secondary N) is 1. The Morgan fingerprint density at radius 2 is 2.25 bits per heavy atom. The lowest BCUT2D eigenvalue weighted by Crippen LogP contribution is -2.49. The zero-order valence-electron chi connectivity index (χ0n) is 12.1. The minimum Gasteiger partial charge on any atom is -0.493 e. The van der Waals surface area contributed by atoms with Crippen molar-refractivity contribution in [3.8, 4) is 5.75 Å². The van der Waals surface area contributed by atoms with Crippen LogP contribution in [0.4, 0.5) is 4.39 Å². The standard InChI is InChI=1S/C16H24FNO2/c1-2-16(12-19,18-14-7-8-14)9-4-10-20-15-6-3-5-13(17)11-15/h3,5-6,11,14,18-19H,2,4,7-10,12H2,1H3. The van der Waals surface area contributed by atoms with Gasteiger partial charge in [0.1, 0.15) is 11.6 Å². The Bertz CT molecular complexity index is 417. The van der Waals surface area contributed by atoms with Gasteiger partial charge >= 0.3 is 0 Å². The van der Waals surface area contributed by atoms with E-state index in [0.29, 0.717) is 18.4 Å². The molecule has 0 aromatic heterocycles. The highest BCUT2D eigenvalue weighted by atomic mass is 19.1. The molecule has 2 rings (SSSR count). The fourth-order valence-corrected chi connectivity index (χ4v) is 2.41. The van der Waals surface area contributed by atoms with Crippen molar-refractivity contribution < 1.29 is 14.2 Å². The van der Waals surface area contributed by atoms with Crippen LogP contribution in [0.3, 0.4) is 0 Å². The van der Waals surface area contributed by atoms with Crippen LogP contribution in [0.2, 0.25) is 0 Å². The molecule has 0 aliphatic heterocycles. The number of benzene rings is 1. The van der Waals surface area contributed by atoms with E-state index in [1.54, 1.807) is 12.1 Å². The number of hydrogen-bond acceptors (Lipinski definition) is 3. The summed E-state index contributed by atoms with van der Waals surface area (Å²) < 4.78 is 18.5. The average molecular weight is 281 g/mol. The summed E-state index contributed by atoms with van der Waals surface area (Å²) in [5.41, 5.74) is -0.188. The lowest BCUT2D eigenvalue weighted by Gasteiger charge is -2.32. The van der Waals surface area contributed by atoms with Crippen molar-refractivity contribution in [2.45, 2.75) is 50.6 Å². The zero-order valence-corrected chi connectivity index (χ0v) is 12.1. The summed E-state index contributed by atoms with van der Waals surface area (Å²) in [5.74, 6) is 0.280. The first kappa shape index (κ1) is 15.3. The van der Waals surface area contributed by atoms with Crippen molar-refractivity contribution >= 4 is 0 Å². The van der Waals surface area contributed by atoms with Gasteiger partial charge in [-0.1, -0.05) is 13.0 Å². The van der Waals surface area contributed by atoms with Gasteiger partial charge in [-0.2, -0.15) is 0 Å². The van der Waals surface area contributed by atoms with Gasteiger partial charge in [-0.25, -0.2) is 4.39 Å². The highest BCUT2D eigenvalue weighted by Gasteiger charge is 2.33. The number of aliphatic hydroxyl groups is 1. The third kappa shape index (κ3) is 4.46. The Kier molecular flexibility index (Phi) is 5.38. The van der Waals surface area contributed by atoms with Crippen LogP contribution in [-0.2, 0) is 0 Å². The number of rotatable bonds is 9. The van der Waals surface area contributed by atoms with Crippen LogP contribution < -0.4 is 10.1 Å². The molecule has 1 aromatic carbocycles. The van der Waals surface area contributed by atoms with Gasteiger partial charge in [0.2, 0.25) is 0 Å². The van der Waals surface area contributed by atoms with E-state index in [2.05, 4.69) is 12.2 Å². The van der Waals surface area contributed by atoms with Gasteiger partial charge in [0, 0.05) is 17.6 Å². The Labute approximate surface area is 120 Å². The van der Waals surface area contributed by atoms with Gasteiger partial charge in [-0.05, 0) is 44.2 Å². The quantitative estimate of drug-likeness (QED) is 0.684. The molecule has 112 valence electrons. The van der Waals surface area contributed by atoms with Gasteiger partial charge < -0.3 is 15.2 Å². The second kappa shape index (κ2) is 7.04. The molecule has 3 nitrogen and oxygen atoms in total. The Balaban J connectivity index is 1.75. The second-order valence-corrected chi connectivity index (χ2v) is 5.62. The van der Waals surface area contributed by atoms with E-state index in [-0.39, 0.29) is 18.0 Å². The van der Waals surface area contributed by atoms with Gasteiger partial charge in [-0.15, -0.1) is 0 Å². The minimum atomic E-state index is -0.281. The highest BCUT2D eigenvalue weighted by Crippen LogP contribution is 2.27. The van der Waals surface area contributed by atoms with E-state index in [9.17, 15) is 9.50 Å². The van der Waals surface area contributed by atoms with Crippen LogP contribution in [0, 0.1) is 5.82 Å². The molecule has 1 aromatic rings. The van der Waals surface area contributed by atoms with E-state index >= 15 is 0 Å². The molecule has 1 unspecified atom stereocenters. The summed E-state index contributed by atoms with van der Waals surface area (Å²) in [6, 6.07) is 6.77. The Hall–Kier alpha value is -1.13. The number of hydrogen-bond donors (Lipinski definition) is 2. The number of ether oxygens (including phenoxy) is 1. The molecule has 0 radical (unpaired) electrons. The van der Waals surface area contributed by atoms with E-state index in [4.69, 9.17) is 4.74 Å². The average Bonchev–Trinajstić information content (AvgIpc) is 3.26. The normalized spacial score (nSPS) is 17.8. The van der Waals surface area contributed by atoms with E-state index < -0.39 is 0 Å². The van der Waals surface area contributed by atoms with Crippen LogP contribution in [0.1, 0.15) is 39.0 Å². The first-order chi connectivity index (χ1) is 9.67. The Morgan fingerprint density at radius 1 is 1.45 bits per heavy atom. The molecule has 0 saturated heterocycles. The maximum atomic E-state index is 13.0. The summed E-state index contributed by atoms with van der Waals surface area (Å²) in [6.07, 6.45) is 5.03. The number of halogens is 1. The van der Waals surface area contributed by atoms with E-state index in [1.807, 2.05) is 0 Å². The maximum absolute atomic E-state index is 13.0. The first-order valence-electron chi connectivity index (χ1n) is 7.44. The fraction of sp³-hybridized carbons (Fsp3) is 0.625. The molecule has 20 heavy (non-hydrogen) atoms. The third-order valence-corrected chi connectivity index (χ3v) is 3.93. The summed E-state index contributed by atoms with van der Waals surface area (Å²) in [7, 11) is 0. The molecule has 1 aliphatic carbocycles. The minimum absolute atomic E-state index is 0.153. The summed E-state index contributed by atoms with van der Waals surface area (Å²) in [6.45, 7) is 2.79. The van der Waals surface area contributed by atoms with E-state index in [0.717, 1.165) is 19.3 Å². The molecule has 1 aliphatic rings. The predicted octanol–water partition coefficient (Wildman–Crippen LogP) is 2.88. The van der Waals surface area contributed by atoms with Crippen molar-refractivity contribution in [2.75, 3.05) is 13.2 Å². The van der Waals surface area contributed by atoms with Crippen molar-refractivity contribution in [2.24, 2.45) is 0 Å². The molecule has 1 atom stereocenters. The molecular formula is C16H24FNO2. The molecule has 4 heteroatoms. The summed E-state index contributed by atoms with van der Waals surface area (Å²) >= 11 is 0. The zero-order chi connectivity index (χ0) is 14.4. The van der Waals surface area contributed by atoms with Gasteiger partial charge in [0.15, 0.2) is 0 Å². The largest absolute Gasteiger partial charge is 0.493 e. The number of aliphatic hydroxyl groups excluding tert-OH is 1. The van der Waals surface area contributed by atoms with Crippen molar-refractivity contribution in [3.05, 3.63) is 30.1 Å². The topological polar surface area (TPSA) is 41.5 Å². The molecule has 0 bridgehead atoms. The lowest BCUT2D eigenvalue weighted by atomic mass is 9.91. The second-order valence-electron chi connectivity index (χ2n) is 5.62. The lowest BCUT2D eigenvalue weighted by molar-refractivity contribution is 0.135. The summed E-state index contributed by atoms with van der Waals surface area (Å²) in [5, 5.41) is 13.2. The van der Waals surface area contributed by atoms with Gasteiger partial charge in [0.25, 0.3) is 0 Å². The van der Waals surface area contributed by atoms with Crippen LogP contribution in [0.15, 0.2) is 24.3 Å². The van der Waals surface area contributed by atoms with Crippen LogP contribution in [0.5, 0.6) is 5.75 Å². The van der Waals surface area contributed by atoms with Gasteiger partial charge in [0.05, 0.1) is 13.2 Å². The SMILES string of the molecule is CCC(CO)(CCCOc1cccc(F)c1)NC1CC1. The molecule has 0 amide bonds. The van der Waals surface area contributed by atoms with Crippen molar-refractivity contribution in [1.82, 2.24) is 5.32 Å². The highest BCUT2D eigenvalue weighted by molar-refractivity contribution is 5.22. The Morgan fingerprint density at radius 3 is 2.85 bits per heavy atom. The van der Waals surface area contributed by atoms with Crippen molar-refractivity contribution in [3.63, 3.8) is 0 Å². The molecule has 0 spiro atoms. The van der Waals surface area contributed by atoms with Gasteiger partial charge in [-0.3, -0.25) is 0 Å². The molecule has 1 saturated carbocycles. The molecule has 2 N–H and O–H groups in total. The van der Waals surface area contributed by atoms with Crippen LogP contribution in [-0.4, -0.2) is 29.9 Å². The monoisotopic (exact) mass is 281 g/mol. The third-order valence-electron chi connectivity index (χ3n) is 3.93. The molecular weight excluding hydrogens is 257 g/mol. The van der Waals surface area contributed by atoms with Crippen molar-refractivity contribution in [1.29, 1.82) is 0 Å². The smallest absolute Gasteiger partial charge is 0.126 e. The fourth-order valence-electron chi connectivity index (χ4n) is 2.41. The first-order valence-corrected chi connectivity index (χ1v) is 7.44. The van der Waals surface area contributed by atoms with Crippen LogP contribution >= 0.6 is 0 Å². The van der Waals surface area contributed by atoms with Crippen LogP contribution in [0.25, 0.3) is 0 Å². The predicted molar refractivity (Wildman–Crippen MR) is 77.4 cm³/mol. The molecule has 1 fully saturated rings.